The molecule has 35 heavy (non-hydrogen) atoms. The summed E-state index contributed by atoms with van der Waals surface area (Å²) in [6, 6.07) is 31.8. The molecule has 1 N–H and O–H groups in total. The monoisotopic (exact) mass is 460 g/mol. The molecule has 0 spiro atoms. The molecule has 1 heterocycles. The van der Waals surface area contributed by atoms with Crippen LogP contribution in [0.1, 0.15) is 47.9 Å². The number of benzene rings is 4. The summed E-state index contributed by atoms with van der Waals surface area (Å²) in [5, 5.41) is 3.17. The summed E-state index contributed by atoms with van der Waals surface area (Å²) >= 11 is 0. The lowest BCUT2D eigenvalue weighted by Crippen LogP contribution is -2.22. The second-order valence-corrected chi connectivity index (χ2v) is 9.17. The highest BCUT2D eigenvalue weighted by atomic mass is 16.3. The Bertz CT molecular complexity index is 1430. The van der Waals surface area contributed by atoms with E-state index in [0.29, 0.717) is 11.8 Å². The quantitative estimate of drug-likeness (QED) is 0.282. The molecule has 1 aromatic heterocycles. The summed E-state index contributed by atoms with van der Waals surface area (Å²) in [6.45, 7) is 6.31. The van der Waals surface area contributed by atoms with Crippen LogP contribution in [0.2, 0.25) is 0 Å². The first-order chi connectivity index (χ1) is 17.0. The highest BCUT2D eigenvalue weighted by molar-refractivity contribution is 5.99. The van der Waals surface area contributed by atoms with Crippen LogP contribution in [-0.4, -0.2) is 10.9 Å². The van der Waals surface area contributed by atoms with Crippen LogP contribution in [0.4, 0.5) is 5.69 Å². The molecule has 0 saturated carbocycles. The molecule has 0 fully saturated rings. The minimum Gasteiger partial charge on any atom is -0.436 e. The molecule has 0 saturated heterocycles. The normalized spacial score (nSPS) is 11.3. The van der Waals surface area contributed by atoms with Gasteiger partial charge in [0.25, 0.3) is 0 Å². The van der Waals surface area contributed by atoms with Gasteiger partial charge in [0.15, 0.2) is 5.58 Å². The highest BCUT2D eigenvalue weighted by Gasteiger charge is 2.23. The third kappa shape index (κ3) is 4.73. The van der Waals surface area contributed by atoms with E-state index in [1.807, 2.05) is 91.9 Å². The van der Waals surface area contributed by atoms with Crippen molar-refractivity contribution in [1.82, 2.24) is 4.98 Å². The Labute approximate surface area is 205 Å². The fraction of sp³-hybridized carbons (Fsp3) is 0.161. The van der Waals surface area contributed by atoms with Crippen LogP contribution in [0, 0.1) is 6.92 Å². The van der Waals surface area contributed by atoms with E-state index in [2.05, 4.69) is 31.3 Å². The van der Waals surface area contributed by atoms with Gasteiger partial charge in [-0.15, -0.1) is 0 Å². The average molecular weight is 461 g/mol. The van der Waals surface area contributed by atoms with Gasteiger partial charge in [-0.2, -0.15) is 0 Å². The van der Waals surface area contributed by atoms with Crippen molar-refractivity contribution in [3.63, 3.8) is 0 Å². The Hall–Kier alpha value is -4.18. The van der Waals surface area contributed by atoms with Crippen molar-refractivity contribution in [1.29, 1.82) is 0 Å². The van der Waals surface area contributed by atoms with E-state index >= 15 is 0 Å². The summed E-state index contributed by atoms with van der Waals surface area (Å²) in [7, 11) is 0. The predicted octanol–water partition coefficient (Wildman–Crippen LogP) is 7.70. The minimum atomic E-state index is -0.417. The molecule has 0 bridgehead atoms. The minimum absolute atomic E-state index is 0.0817. The Morgan fingerprint density at radius 1 is 0.800 bits per heavy atom. The molecule has 4 heteroatoms. The van der Waals surface area contributed by atoms with Gasteiger partial charge in [0.2, 0.25) is 11.8 Å². The van der Waals surface area contributed by atoms with Crippen molar-refractivity contribution in [2.75, 3.05) is 5.32 Å². The van der Waals surface area contributed by atoms with Crippen molar-refractivity contribution >= 4 is 22.7 Å². The average Bonchev–Trinajstić information content (AvgIpc) is 3.30. The number of aryl methyl sites for hydroxylation is 1. The summed E-state index contributed by atoms with van der Waals surface area (Å²) in [5.74, 6) is 0.461. The number of nitrogens with zero attached hydrogens (tertiary/aromatic N) is 1. The summed E-state index contributed by atoms with van der Waals surface area (Å²) in [6.07, 6.45) is 0. The van der Waals surface area contributed by atoms with Crippen LogP contribution in [0.3, 0.4) is 0 Å². The Kier molecular flexibility index (Phi) is 6.19. The van der Waals surface area contributed by atoms with Gasteiger partial charge in [-0.05, 0) is 59.4 Å². The number of rotatable bonds is 6. The number of hydrogen-bond acceptors (Lipinski definition) is 3. The number of nitrogens with one attached hydrogen (secondary N) is 1. The van der Waals surface area contributed by atoms with E-state index in [1.165, 1.54) is 5.56 Å². The van der Waals surface area contributed by atoms with Gasteiger partial charge in [0, 0.05) is 11.3 Å². The molecule has 4 nitrogen and oxygen atoms in total. The number of amides is 1. The molecular formula is C31H28N2O2. The molecule has 4 aromatic carbocycles. The number of carbonyl (C=O) groups excluding carboxylic acids is 1. The molecule has 0 aliphatic carbocycles. The lowest BCUT2D eigenvalue weighted by Gasteiger charge is -2.19. The smallest absolute Gasteiger partial charge is 0.236 e. The fourth-order valence-corrected chi connectivity index (χ4v) is 4.31. The molecule has 0 aliphatic rings. The molecule has 0 radical (unpaired) electrons. The van der Waals surface area contributed by atoms with Crippen molar-refractivity contribution in [2.45, 2.75) is 32.6 Å². The van der Waals surface area contributed by atoms with Crippen molar-refractivity contribution in [2.24, 2.45) is 0 Å². The molecule has 5 aromatic rings. The number of aromatic nitrogens is 1. The predicted molar refractivity (Wildman–Crippen MR) is 142 cm³/mol. The van der Waals surface area contributed by atoms with Crippen molar-refractivity contribution < 1.29 is 9.21 Å². The number of carbonyl (C=O) groups is 1. The van der Waals surface area contributed by atoms with E-state index in [-0.39, 0.29) is 5.91 Å². The second kappa shape index (κ2) is 9.59. The standard InChI is InChI=1S/C31H28N2O2/c1-20(2)24-16-17-28-27(18-24)33-31(35-28)25-15-14-21(3)26(19-25)32-30(34)29(22-10-6-4-7-11-22)23-12-8-5-9-13-23/h4-20,29H,1-3H3,(H,32,34). The summed E-state index contributed by atoms with van der Waals surface area (Å²) in [5.41, 5.74) is 7.25. The SMILES string of the molecule is Cc1ccc(-c2nc3cc(C(C)C)ccc3o2)cc1NC(=O)C(c1ccccc1)c1ccccc1. The highest BCUT2D eigenvalue weighted by Crippen LogP contribution is 2.31. The van der Waals surface area contributed by atoms with E-state index < -0.39 is 5.92 Å². The van der Waals surface area contributed by atoms with Crippen LogP contribution >= 0.6 is 0 Å². The molecule has 174 valence electrons. The molecule has 0 aliphatic heterocycles. The van der Waals surface area contributed by atoms with Crippen LogP contribution in [-0.2, 0) is 4.79 Å². The number of fused-ring (bicyclic) bond motifs is 1. The zero-order chi connectivity index (χ0) is 24.4. The van der Waals surface area contributed by atoms with Gasteiger partial charge in [-0.1, -0.05) is 86.6 Å². The first-order valence-corrected chi connectivity index (χ1v) is 11.9. The first-order valence-electron chi connectivity index (χ1n) is 11.9. The Morgan fingerprint density at radius 2 is 1.46 bits per heavy atom. The fourth-order valence-electron chi connectivity index (χ4n) is 4.31. The van der Waals surface area contributed by atoms with Gasteiger partial charge >= 0.3 is 0 Å². The van der Waals surface area contributed by atoms with E-state index in [1.54, 1.807) is 0 Å². The van der Waals surface area contributed by atoms with Gasteiger partial charge in [-0.3, -0.25) is 4.79 Å². The molecule has 5 rings (SSSR count). The molecule has 0 unspecified atom stereocenters. The third-order valence-electron chi connectivity index (χ3n) is 6.35. The second-order valence-electron chi connectivity index (χ2n) is 9.17. The molecule has 1 amide bonds. The van der Waals surface area contributed by atoms with Crippen LogP contribution in [0.25, 0.3) is 22.6 Å². The van der Waals surface area contributed by atoms with Crippen LogP contribution < -0.4 is 5.32 Å². The van der Waals surface area contributed by atoms with Gasteiger partial charge in [0.1, 0.15) is 5.52 Å². The van der Waals surface area contributed by atoms with Crippen LogP contribution in [0.5, 0.6) is 0 Å². The summed E-state index contributed by atoms with van der Waals surface area (Å²) in [4.78, 5) is 18.3. The number of anilines is 1. The Morgan fingerprint density at radius 3 is 2.09 bits per heavy atom. The van der Waals surface area contributed by atoms with Crippen molar-refractivity contribution in [3.05, 3.63) is 119 Å². The van der Waals surface area contributed by atoms with Gasteiger partial charge < -0.3 is 9.73 Å². The van der Waals surface area contributed by atoms with Crippen molar-refractivity contribution in [3.8, 4) is 11.5 Å². The van der Waals surface area contributed by atoms with E-state index in [9.17, 15) is 4.79 Å². The largest absolute Gasteiger partial charge is 0.436 e. The maximum atomic E-state index is 13.6. The zero-order valence-corrected chi connectivity index (χ0v) is 20.2. The van der Waals surface area contributed by atoms with E-state index in [0.717, 1.165) is 39.0 Å². The number of hydrogen-bond donors (Lipinski definition) is 1. The summed E-state index contributed by atoms with van der Waals surface area (Å²) < 4.78 is 6.05. The van der Waals surface area contributed by atoms with E-state index in [4.69, 9.17) is 9.40 Å². The zero-order valence-electron chi connectivity index (χ0n) is 20.2. The molecule has 0 atom stereocenters. The lowest BCUT2D eigenvalue weighted by atomic mass is 9.90. The van der Waals surface area contributed by atoms with Gasteiger partial charge in [-0.25, -0.2) is 4.98 Å². The lowest BCUT2D eigenvalue weighted by molar-refractivity contribution is -0.116. The maximum Gasteiger partial charge on any atom is 0.236 e. The third-order valence-corrected chi connectivity index (χ3v) is 6.35. The first kappa shape index (κ1) is 22.6. The Balaban J connectivity index is 1.48. The maximum absolute atomic E-state index is 13.6. The topological polar surface area (TPSA) is 55.1 Å². The van der Waals surface area contributed by atoms with Gasteiger partial charge in [0.05, 0.1) is 5.92 Å². The number of oxazole rings is 1. The van der Waals surface area contributed by atoms with Crippen LogP contribution in [0.15, 0.2) is 101 Å². The molecular weight excluding hydrogens is 432 g/mol.